The Hall–Kier alpha value is -2.23. The van der Waals surface area contributed by atoms with Gasteiger partial charge in [-0.1, -0.05) is 0 Å². The van der Waals surface area contributed by atoms with Gasteiger partial charge in [0.1, 0.15) is 5.82 Å². The molecule has 1 heterocycles. The Morgan fingerprint density at radius 2 is 2.32 bits per heavy atom. The molecular weight excluding hydrogens is 245 g/mol. The van der Waals surface area contributed by atoms with Crippen molar-refractivity contribution in [3.63, 3.8) is 0 Å². The Morgan fingerprint density at radius 1 is 1.53 bits per heavy atom. The summed E-state index contributed by atoms with van der Waals surface area (Å²) in [6.07, 6.45) is 5.84. The fourth-order valence-electron chi connectivity index (χ4n) is 1.90. The number of benzene rings is 1. The van der Waals surface area contributed by atoms with Crippen molar-refractivity contribution in [2.24, 2.45) is 0 Å². The van der Waals surface area contributed by atoms with Gasteiger partial charge < -0.3 is 4.74 Å². The molecule has 0 fully saturated rings. The monoisotopic (exact) mass is 259 g/mol. The molecule has 0 saturated carbocycles. The topological polar surface area (TPSA) is 39.2 Å². The molecule has 0 N–H and O–H groups in total. The molecule has 0 spiro atoms. The standard InChI is InChI=1S/C15H14FNO2/c1-3-19-14(18)5-4-12-10(2)8-11-9-17-7-6-13(11)15(12)16/h4-9H,3H2,1-2H3/b5-4+. The first kappa shape index (κ1) is 13.2. The summed E-state index contributed by atoms with van der Waals surface area (Å²) in [5, 5.41) is 1.23. The molecule has 1 aromatic heterocycles. The Balaban J connectivity index is 2.46. The second kappa shape index (κ2) is 5.61. The summed E-state index contributed by atoms with van der Waals surface area (Å²) in [5.74, 6) is -0.825. The zero-order chi connectivity index (χ0) is 13.8. The molecule has 1 aromatic carbocycles. The molecule has 0 aliphatic carbocycles. The third-order valence-electron chi connectivity index (χ3n) is 2.79. The Bertz CT molecular complexity index is 650. The number of carbonyl (C=O) groups is 1. The van der Waals surface area contributed by atoms with Crippen molar-refractivity contribution in [1.29, 1.82) is 0 Å². The van der Waals surface area contributed by atoms with E-state index in [1.165, 1.54) is 12.2 Å². The van der Waals surface area contributed by atoms with E-state index in [2.05, 4.69) is 4.98 Å². The van der Waals surface area contributed by atoms with E-state index in [4.69, 9.17) is 4.74 Å². The Kier molecular flexibility index (Phi) is 3.90. The van der Waals surface area contributed by atoms with Crippen molar-refractivity contribution < 1.29 is 13.9 Å². The molecule has 0 unspecified atom stereocenters. The van der Waals surface area contributed by atoms with Gasteiger partial charge in [-0.05, 0) is 37.6 Å². The van der Waals surface area contributed by atoms with E-state index in [0.717, 1.165) is 10.9 Å². The van der Waals surface area contributed by atoms with Gasteiger partial charge in [-0.2, -0.15) is 0 Å². The smallest absolute Gasteiger partial charge is 0.330 e. The highest BCUT2D eigenvalue weighted by molar-refractivity contribution is 5.90. The minimum atomic E-state index is -0.476. The number of aryl methyl sites for hydroxylation is 1. The quantitative estimate of drug-likeness (QED) is 0.627. The summed E-state index contributed by atoms with van der Waals surface area (Å²) >= 11 is 0. The van der Waals surface area contributed by atoms with Crippen molar-refractivity contribution in [2.45, 2.75) is 13.8 Å². The Morgan fingerprint density at radius 3 is 3.05 bits per heavy atom. The highest BCUT2D eigenvalue weighted by atomic mass is 19.1. The van der Waals surface area contributed by atoms with Gasteiger partial charge >= 0.3 is 5.97 Å². The van der Waals surface area contributed by atoms with Gasteiger partial charge in [-0.25, -0.2) is 9.18 Å². The lowest BCUT2D eigenvalue weighted by molar-refractivity contribution is -0.137. The van der Waals surface area contributed by atoms with Crippen LogP contribution in [-0.2, 0) is 9.53 Å². The Labute approximate surface area is 110 Å². The number of ether oxygens (including phenoxy) is 1. The summed E-state index contributed by atoms with van der Waals surface area (Å²) in [4.78, 5) is 15.2. The number of hydrogen-bond acceptors (Lipinski definition) is 3. The van der Waals surface area contributed by atoms with Gasteiger partial charge in [-0.3, -0.25) is 4.98 Å². The van der Waals surface area contributed by atoms with Gasteiger partial charge in [0.05, 0.1) is 6.61 Å². The van der Waals surface area contributed by atoms with Crippen LogP contribution in [0.4, 0.5) is 4.39 Å². The maximum absolute atomic E-state index is 14.3. The molecule has 0 aliphatic heterocycles. The minimum Gasteiger partial charge on any atom is -0.463 e. The van der Waals surface area contributed by atoms with Crippen molar-refractivity contribution in [3.8, 4) is 0 Å². The molecule has 19 heavy (non-hydrogen) atoms. The number of fused-ring (bicyclic) bond motifs is 1. The fraction of sp³-hybridized carbons (Fsp3) is 0.200. The lowest BCUT2D eigenvalue weighted by atomic mass is 10.0. The lowest BCUT2D eigenvalue weighted by Crippen LogP contribution is -1.99. The van der Waals surface area contributed by atoms with Crippen molar-refractivity contribution in [1.82, 2.24) is 4.98 Å². The minimum absolute atomic E-state index is 0.300. The van der Waals surface area contributed by atoms with E-state index < -0.39 is 5.97 Å². The molecular formula is C15H14FNO2. The zero-order valence-electron chi connectivity index (χ0n) is 10.8. The third kappa shape index (κ3) is 2.78. The summed E-state index contributed by atoms with van der Waals surface area (Å²) in [6, 6.07) is 3.46. The van der Waals surface area contributed by atoms with Crippen LogP contribution in [0.3, 0.4) is 0 Å². The van der Waals surface area contributed by atoms with Gasteiger partial charge in [0.25, 0.3) is 0 Å². The van der Waals surface area contributed by atoms with E-state index in [9.17, 15) is 9.18 Å². The predicted molar refractivity (Wildman–Crippen MR) is 72.1 cm³/mol. The van der Waals surface area contributed by atoms with Gasteiger partial charge in [0, 0.05) is 34.8 Å². The number of esters is 1. The summed E-state index contributed by atoms with van der Waals surface area (Å²) in [6.45, 7) is 3.81. The van der Waals surface area contributed by atoms with Crippen LogP contribution in [0.1, 0.15) is 18.1 Å². The van der Waals surface area contributed by atoms with Crippen molar-refractivity contribution >= 4 is 22.8 Å². The maximum Gasteiger partial charge on any atom is 0.330 e. The van der Waals surface area contributed by atoms with Crippen LogP contribution >= 0.6 is 0 Å². The maximum atomic E-state index is 14.3. The summed E-state index contributed by atoms with van der Waals surface area (Å²) in [7, 11) is 0. The highest BCUT2D eigenvalue weighted by Crippen LogP contribution is 2.24. The van der Waals surface area contributed by atoms with Crippen LogP contribution < -0.4 is 0 Å². The number of nitrogens with zero attached hydrogens (tertiary/aromatic N) is 1. The van der Waals surface area contributed by atoms with Crippen molar-refractivity contribution in [3.05, 3.63) is 47.5 Å². The average molecular weight is 259 g/mol. The number of carbonyl (C=O) groups excluding carboxylic acids is 1. The number of aromatic nitrogens is 1. The van der Waals surface area contributed by atoms with Crippen LogP contribution in [0, 0.1) is 12.7 Å². The van der Waals surface area contributed by atoms with E-state index in [0.29, 0.717) is 17.6 Å². The fourth-order valence-corrected chi connectivity index (χ4v) is 1.90. The molecule has 0 atom stereocenters. The largest absolute Gasteiger partial charge is 0.463 e. The molecule has 0 bridgehead atoms. The molecule has 4 heteroatoms. The predicted octanol–water partition coefficient (Wildman–Crippen LogP) is 3.26. The molecule has 2 aromatic rings. The third-order valence-corrected chi connectivity index (χ3v) is 2.79. The van der Waals surface area contributed by atoms with Gasteiger partial charge in [0.2, 0.25) is 0 Å². The first-order chi connectivity index (χ1) is 9.13. The van der Waals surface area contributed by atoms with Gasteiger partial charge in [0.15, 0.2) is 0 Å². The van der Waals surface area contributed by atoms with Crippen LogP contribution in [0.2, 0.25) is 0 Å². The zero-order valence-corrected chi connectivity index (χ0v) is 10.8. The second-order valence-electron chi connectivity index (χ2n) is 4.10. The van der Waals surface area contributed by atoms with Crippen LogP contribution in [-0.4, -0.2) is 17.6 Å². The first-order valence-electron chi connectivity index (χ1n) is 6.01. The molecule has 2 rings (SSSR count). The van der Waals surface area contributed by atoms with E-state index in [-0.39, 0.29) is 5.82 Å². The molecule has 0 aliphatic rings. The highest BCUT2D eigenvalue weighted by Gasteiger charge is 2.09. The molecule has 0 amide bonds. The van der Waals surface area contributed by atoms with Crippen LogP contribution in [0.15, 0.2) is 30.6 Å². The SMILES string of the molecule is CCOC(=O)/C=C/c1c(C)cc2cnccc2c1F. The van der Waals surface area contributed by atoms with Crippen LogP contribution in [0.25, 0.3) is 16.8 Å². The number of pyridine rings is 1. The summed E-state index contributed by atoms with van der Waals surface area (Å²) in [5.41, 5.74) is 1.14. The molecule has 0 radical (unpaired) electrons. The van der Waals surface area contributed by atoms with Crippen molar-refractivity contribution in [2.75, 3.05) is 6.61 Å². The number of rotatable bonds is 3. The summed E-state index contributed by atoms with van der Waals surface area (Å²) < 4.78 is 19.1. The lowest BCUT2D eigenvalue weighted by Gasteiger charge is -2.06. The van der Waals surface area contributed by atoms with Gasteiger partial charge in [-0.15, -0.1) is 0 Å². The van der Waals surface area contributed by atoms with E-state index >= 15 is 0 Å². The van der Waals surface area contributed by atoms with E-state index in [1.54, 1.807) is 32.3 Å². The first-order valence-corrected chi connectivity index (χ1v) is 6.01. The normalized spacial score (nSPS) is 11.1. The number of hydrogen-bond donors (Lipinski definition) is 0. The van der Waals surface area contributed by atoms with E-state index in [1.807, 2.05) is 6.07 Å². The average Bonchev–Trinajstić information content (AvgIpc) is 2.39. The molecule has 3 nitrogen and oxygen atoms in total. The molecule has 0 saturated heterocycles. The number of halogens is 1. The van der Waals surface area contributed by atoms with Crippen LogP contribution in [0.5, 0.6) is 0 Å². The molecule has 98 valence electrons. The second-order valence-corrected chi connectivity index (χ2v) is 4.10.